The third-order valence-corrected chi connectivity index (χ3v) is 4.14. The van der Waals surface area contributed by atoms with E-state index in [0.717, 1.165) is 18.7 Å². The molecule has 2 unspecified atom stereocenters. The molecular formula is C15H22N2OS. The van der Waals surface area contributed by atoms with Crippen molar-refractivity contribution in [3.8, 4) is 0 Å². The molecule has 0 aromatic carbocycles. The quantitative estimate of drug-likeness (QED) is 0.843. The van der Waals surface area contributed by atoms with Gasteiger partial charge in [-0.05, 0) is 51.0 Å². The molecule has 0 bridgehead atoms. The molecule has 0 amide bonds. The second kappa shape index (κ2) is 6.89. The first-order valence-corrected chi connectivity index (χ1v) is 7.50. The summed E-state index contributed by atoms with van der Waals surface area (Å²) in [6.45, 7) is 3.13. The van der Waals surface area contributed by atoms with Gasteiger partial charge in [-0.25, -0.2) is 0 Å². The maximum atomic E-state index is 5.52. The van der Waals surface area contributed by atoms with Crippen LogP contribution in [-0.4, -0.2) is 31.6 Å². The lowest BCUT2D eigenvalue weighted by Gasteiger charge is -2.24. The first-order valence-electron chi connectivity index (χ1n) is 6.62. The number of thiophene rings is 1. The maximum absolute atomic E-state index is 5.52. The zero-order valence-electron chi connectivity index (χ0n) is 11.8. The van der Waals surface area contributed by atoms with Gasteiger partial charge in [0.15, 0.2) is 0 Å². The van der Waals surface area contributed by atoms with Crippen LogP contribution in [0.5, 0.6) is 0 Å². The van der Waals surface area contributed by atoms with Gasteiger partial charge in [0.25, 0.3) is 0 Å². The number of furan rings is 1. The molecule has 2 rings (SSSR count). The van der Waals surface area contributed by atoms with E-state index < -0.39 is 0 Å². The van der Waals surface area contributed by atoms with Crippen LogP contribution in [0, 0.1) is 0 Å². The van der Waals surface area contributed by atoms with E-state index in [9.17, 15) is 0 Å². The van der Waals surface area contributed by atoms with Crippen molar-refractivity contribution in [1.29, 1.82) is 0 Å². The van der Waals surface area contributed by atoms with E-state index in [4.69, 9.17) is 4.42 Å². The summed E-state index contributed by atoms with van der Waals surface area (Å²) in [4.78, 5) is 3.61. The van der Waals surface area contributed by atoms with Crippen molar-refractivity contribution in [2.75, 3.05) is 20.6 Å². The summed E-state index contributed by atoms with van der Waals surface area (Å²) in [5.41, 5.74) is 0. The molecule has 0 spiro atoms. The number of nitrogens with zero attached hydrogens (tertiary/aromatic N) is 1. The predicted octanol–water partition coefficient (Wildman–Crippen LogP) is 3.16. The van der Waals surface area contributed by atoms with Gasteiger partial charge >= 0.3 is 0 Å². The van der Waals surface area contributed by atoms with Crippen molar-refractivity contribution in [1.82, 2.24) is 10.2 Å². The molecule has 2 atom stereocenters. The number of rotatable bonds is 7. The normalized spacial score (nSPS) is 14.7. The Balaban J connectivity index is 1.85. The Morgan fingerprint density at radius 1 is 1.32 bits per heavy atom. The summed E-state index contributed by atoms with van der Waals surface area (Å²) < 4.78 is 5.52. The highest BCUT2D eigenvalue weighted by Gasteiger charge is 2.17. The molecule has 0 saturated heterocycles. The monoisotopic (exact) mass is 278 g/mol. The molecule has 4 heteroatoms. The van der Waals surface area contributed by atoms with E-state index >= 15 is 0 Å². The van der Waals surface area contributed by atoms with Crippen molar-refractivity contribution in [3.63, 3.8) is 0 Å². The van der Waals surface area contributed by atoms with E-state index in [2.05, 4.69) is 48.7 Å². The average Bonchev–Trinajstić information content (AvgIpc) is 3.01. The smallest absolute Gasteiger partial charge is 0.122 e. The molecular weight excluding hydrogens is 256 g/mol. The van der Waals surface area contributed by atoms with Crippen LogP contribution in [-0.2, 0) is 6.42 Å². The molecule has 19 heavy (non-hydrogen) atoms. The number of likely N-dealkylation sites (N-methyl/N-ethyl adjacent to an activating group) is 1. The minimum atomic E-state index is 0.279. The van der Waals surface area contributed by atoms with Crippen LogP contribution < -0.4 is 5.32 Å². The average molecular weight is 278 g/mol. The molecule has 2 aromatic heterocycles. The third-order valence-electron chi connectivity index (χ3n) is 3.24. The van der Waals surface area contributed by atoms with Gasteiger partial charge in [-0.15, -0.1) is 11.3 Å². The fourth-order valence-corrected chi connectivity index (χ4v) is 2.97. The lowest BCUT2D eigenvalue weighted by atomic mass is 10.1. The van der Waals surface area contributed by atoms with E-state index in [1.807, 2.05) is 23.5 Å². The van der Waals surface area contributed by atoms with Gasteiger partial charge in [0.2, 0.25) is 0 Å². The second-order valence-corrected chi connectivity index (χ2v) is 6.12. The van der Waals surface area contributed by atoms with Gasteiger partial charge in [0, 0.05) is 17.5 Å². The Kier molecular flexibility index (Phi) is 5.19. The number of hydrogen-bond acceptors (Lipinski definition) is 4. The van der Waals surface area contributed by atoms with Crippen LogP contribution in [0.2, 0.25) is 0 Å². The van der Waals surface area contributed by atoms with E-state index in [0.29, 0.717) is 6.04 Å². The van der Waals surface area contributed by atoms with E-state index in [1.54, 1.807) is 6.26 Å². The summed E-state index contributed by atoms with van der Waals surface area (Å²) in [5, 5.41) is 5.73. The van der Waals surface area contributed by atoms with Gasteiger partial charge < -0.3 is 9.73 Å². The van der Waals surface area contributed by atoms with Crippen LogP contribution in [0.3, 0.4) is 0 Å². The van der Waals surface area contributed by atoms with Crippen molar-refractivity contribution in [3.05, 3.63) is 46.5 Å². The van der Waals surface area contributed by atoms with Crippen LogP contribution >= 0.6 is 11.3 Å². The van der Waals surface area contributed by atoms with Gasteiger partial charge in [-0.2, -0.15) is 0 Å². The fourth-order valence-electron chi connectivity index (χ4n) is 2.13. The zero-order chi connectivity index (χ0) is 13.7. The van der Waals surface area contributed by atoms with Crippen LogP contribution in [0.4, 0.5) is 0 Å². The fraction of sp³-hybridized carbons (Fsp3) is 0.467. The number of nitrogens with one attached hydrogen (secondary N) is 1. The molecule has 2 aromatic rings. The van der Waals surface area contributed by atoms with E-state index in [-0.39, 0.29) is 6.04 Å². The first kappa shape index (κ1) is 14.3. The minimum Gasteiger partial charge on any atom is -0.468 e. The SMILES string of the molecule is CC(Cc1cccs1)NCC(c1ccco1)N(C)C. The molecule has 0 radical (unpaired) electrons. The van der Waals surface area contributed by atoms with Crippen molar-refractivity contribution < 1.29 is 4.42 Å². The van der Waals surface area contributed by atoms with E-state index in [1.165, 1.54) is 4.88 Å². The topological polar surface area (TPSA) is 28.4 Å². The minimum absolute atomic E-state index is 0.279. The van der Waals surface area contributed by atoms with Crippen molar-refractivity contribution in [2.45, 2.75) is 25.4 Å². The lowest BCUT2D eigenvalue weighted by molar-refractivity contribution is 0.245. The highest BCUT2D eigenvalue weighted by atomic mass is 32.1. The Morgan fingerprint density at radius 2 is 2.16 bits per heavy atom. The number of hydrogen-bond donors (Lipinski definition) is 1. The van der Waals surface area contributed by atoms with Gasteiger partial charge in [0.05, 0.1) is 12.3 Å². The molecule has 0 fully saturated rings. The van der Waals surface area contributed by atoms with Crippen LogP contribution in [0.25, 0.3) is 0 Å². The van der Waals surface area contributed by atoms with Crippen LogP contribution in [0.1, 0.15) is 23.6 Å². The molecule has 0 aliphatic rings. The lowest BCUT2D eigenvalue weighted by Crippen LogP contribution is -2.36. The predicted molar refractivity (Wildman–Crippen MR) is 80.6 cm³/mol. The Morgan fingerprint density at radius 3 is 2.74 bits per heavy atom. The summed E-state index contributed by atoms with van der Waals surface area (Å²) in [6, 6.07) is 9.03. The summed E-state index contributed by atoms with van der Waals surface area (Å²) >= 11 is 1.82. The molecule has 104 valence electrons. The standard InChI is InChI=1S/C15H22N2OS/c1-12(10-13-6-5-9-19-13)16-11-14(17(2)3)15-7-4-8-18-15/h4-9,12,14,16H,10-11H2,1-3H3. The summed E-state index contributed by atoms with van der Waals surface area (Å²) in [6.07, 6.45) is 2.82. The summed E-state index contributed by atoms with van der Waals surface area (Å²) in [5.74, 6) is 1.01. The summed E-state index contributed by atoms with van der Waals surface area (Å²) in [7, 11) is 4.16. The Hall–Kier alpha value is -1.10. The van der Waals surface area contributed by atoms with Gasteiger partial charge in [-0.1, -0.05) is 6.07 Å². The van der Waals surface area contributed by atoms with Crippen molar-refractivity contribution >= 4 is 11.3 Å². The van der Waals surface area contributed by atoms with Gasteiger partial charge in [-0.3, -0.25) is 4.90 Å². The highest BCUT2D eigenvalue weighted by Crippen LogP contribution is 2.18. The third kappa shape index (κ3) is 4.20. The molecule has 2 heterocycles. The molecule has 0 aliphatic carbocycles. The van der Waals surface area contributed by atoms with Gasteiger partial charge in [0.1, 0.15) is 5.76 Å². The Labute approximate surface area is 119 Å². The van der Waals surface area contributed by atoms with Crippen molar-refractivity contribution in [2.24, 2.45) is 0 Å². The molecule has 0 saturated carbocycles. The zero-order valence-corrected chi connectivity index (χ0v) is 12.6. The Bertz CT molecular complexity index is 450. The highest BCUT2D eigenvalue weighted by molar-refractivity contribution is 7.09. The largest absolute Gasteiger partial charge is 0.468 e. The first-order chi connectivity index (χ1) is 9.16. The molecule has 0 aliphatic heterocycles. The van der Waals surface area contributed by atoms with Crippen LogP contribution in [0.15, 0.2) is 40.3 Å². The molecule has 1 N–H and O–H groups in total. The molecule has 3 nitrogen and oxygen atoms in total. The second-order valence-electron chi connectivity index (χ2n) is 5.09. The maximum Gasteiger partial charge on any atom is 0.122 e.